The van der Waals surface area contributed by atoms with Crippen LogP contribution in [0.25, 0.3) is 0 Å². The van der Waals surface area contributed by atoms with Crippen LogP contribution in [0.4, 0.5) is 11.5 Å². The van der Waals surface area contributed by atoms with Crippen LogP contribution in [0.15, 0.2) is 12.3 Å². The Morgan fingerprint density at radius 1 is 1.63 bits per heavy atom. The molecule has 0 radical (unpaired) electrons. The van der Waals surface area contributed by atoms with Gasteiger partial charge in [0.1, 0.15) is 0 Å². The molecule has 0 aliphatic heterocycles. The zero-order valence-corrected chi connectivity index (χ0v) is 12.0. The molecule has 1 aliphatic rings. The van der Waals surface area contributed by atoms with Crippen molar-refractivity contribution in [3.05, 3.63) is 27.4 Å². The molecule has 1 heterocycles. The first-order valence-corrected chi connectivity index (χ1v) is 7.75. The zero-order valence-electron chi connectivity index (χ0n) is 10.4. The second-order valence-electron chi connectivity index (χ2n) is 4.62. The summed E-state index contributed by atoms with van der Waals surface area (Å²) in [6, 6.07) is 1.26. The number of aromatic nitrogens is 1. The Morgan fingerprint density at radius 3 is 2.79 bits per heavy atom. The number of anilines is 1. The summed E-state index contributed by atoms with van der Waals surface area (Å²) >= 11 is 5.70. The maximum absolute atomic E-state index is 11.7. The van der Waals surface area contributed by atoms with Crippen LogP contribution in [0, 0.1) is 10.1 Å². The van der Waals surface area contributed by atoms with Gasteiger partial charge in [-0.05, 0) is 12.8 Å². The van der Waals surface area contributed by atoms with Crippen molar-refractivity contribution >= 4 is 33.9 Å². The summed E-state index contributed by atoms with van der Waals surface area (Å²) in [7, 11) is -0.964. The smallest absolute Gasteiger partial charge is 0.312 e. The molecule has 1 N–H and O–H groups in total. The van der Waals surface area contributed by atoms with E-state index in [9.17, 15) is 14.3 Å². The van der Waals surface area contributed by atoms with E-state index in [-0.39, 0.29) is 21.3 Å². The van der Waals surface area contributed by atoms with Gasteiger partial charge in [0.15, 0.2) is 0 Å². The molecule has 1 fully saturated rings. The SMILES string of the molecule is C[S@@](=O)C1(CNc2ncc(Cl)cc2[N+](=O)[O-])CCC1. The van der Waals surface area contributed by atoms with Crippen LogP contribution in [0.3, 0.4) is 0 Å². The van der Waals surface area contributed by atoms with Crippen LogP contribution in [-0.4, -0.2) is 31.7 Å². The molecule has 1 aromatic rings. The fourth-order valence-electron chi connectivity index (χ4n) is 2.09. The lowest BCUT2D eigenvalue weighted by Gasteiger charge is -2.39. The molecule has 1 atom stereocenters. The number of hydrogen-bond donors (Lipinski definition) is 1. The Labute approximate surface area is 118 Å². The fourth-order valence-corrected chi connectivity index (χ4v) is 3.38. The lowest BCUT2D eigenvalue weighted by molar-refractivity contribution is -0.384. The van der Waals surface area contributed by atoms with Gasteiger partial charge in [0, 0.05) is 35.9 Å². The van der Waals surface area contributed by atoms with E-state index in [0.717, 1.165) is 19.3 Å². The number of halogens is 1. The van der Waals surface area contributed by atoms with Gasteiger partial charge in [0.25, 0.3) is 0 Å². The summed E-state index contributed by atoms with van der Waals surface area (Å²) in [6.45, 7) is 0.422. The molecule has 0 spiro atoms. The van der Waals surface area contributed by atoms with Gasteiger partial charge in [-0.25, -0.2) is 4.98 Å². The van der Waals surface area contributed by atoms with Crippen molar-refractivity contribution in [1.29, 1.82) is 0 Å². The van der Waals surface area contributed by atoms with Crippen molar-refractivity contribution in [2.45, 2.75) is 24.0 Å². The number of nitrogens with zero attached hydrogens (tertiary/aromatic N) is 2. The number of pyridine rings is 1. The monoisotopic (exact) mass is 303 g/mol. The van der Waals surface area contributed by atoms with Crippen molar-refractivity contribution < 1.29 is 9.13 Å². The van der Waals surface area contributed by atoms with Gasteiger partial charge in [0.2, 0.25) is 5.82 Å². The van der Waals surface area contributed by atoms with E-state index in [2.05, 4.69) is 10.3 Å². The Bertz CT molecular complexity index is 534. The summed E-state index contributed by atoms with van der Waals surface area (Å²) in [4.78, 5) is 14.3. The van der Waals surface area contributed by atoms with Crippen molar-refractivity contribution in [3.63, 3.8) is 0 Å². The first-order chi connectivity index (χ1) is 8.94. The average Bonchev–Trinajstić information content (AvgIpc) is 2.28. The molecule has 0 bridgehead atoms. The molecule has 0 saturated heterocycles. The molecule has 0 aromatic carbocycles. The van der Waals surface area contributed by atoms with E-state index in [0.29, 0.717) is 6.54 Å². The maximum atomic E-state index is 11.7. The Morgan fingerprint density at radius 2 is 2.32 bits per heavy atom. The lowest BCUT2D eigenvalue weighted by atomic mass is 9.84. The Hall–Kier alpha value is -1.21. The minimum Gasteiger partial charge on any atom is -0.363 e. The molecule has 0 unspecified atom stereocenters. The van der Waals surface area contributed by atoms with Gasteiger partial charge in [-0.1, -0.05) is 18.0 Å². The molecule has 0 amide bonds. The summed E-state index contributed by atoms with van der Waals surface area (Å²) in [5, 5.41) is 14.1. The Balaban J connectivity index is 2.15. The van der Waals surface area contributed by atoms with Crippen LogP contribution >= 0.6 is 11.6 Å². The molecular formula is C11H14ClN3O3S. The molecule has 2 rings (SSSR count). The van der Waals surface area contributed by atoms with Gasteiger partial charge in [-0.15, -0.1) is 0 Å². The number of hydrogen-bond acceptors (Lipinski definition) is 5. The standard InChI is InChI=1S/C11H14ClN3O3S/c1-19(18)11(3-2-4-11)7-14-10-9(15(16)17)5-8(12)6-13-10/h5-6H,2-4,7H2,1H3,(H,13,14)/t19-/m1/s1. The first kappa shape index (κ1) is 14.2. The highest BCUT2D eigenvalue weighted by Gasteiger charge is 2.41. The number of rotatable bonds is 5. The van der Waals surface area contributed by atoms with Crippen LogP contribution in [0.1, 0.15) is 19.3 Å². The predicted octanol–water partition coefficient (Wildman–Crippen LogP) is 2.36. The highest BCUT2D eigenvalue weighted by Crippen LogP contribution is 2.37. The van der Waals surface area contributed by atoms with E-state index in [4.69, 9.17) is 11.6 Å². The second kappa shape index (κ2) is 5.42. The molecule has 8 heteroatoms. The maximum Gasteiger partial charge on any atom is 0.312 e. The van der Waals surface area contributed by atoms with Crippen molar-refractivity contribution in [1.82, 2.24) is 4.98 Å². The Kier molecular flexibility index (Phi) is 4.05. The highest BCUT2D eigenvalue weighted by molar-refractivity contribution is 7.85. The summed E-state index contributed by atoms with van der Waals surface area (Å²) in [5.41, 5.74) is -0.163. The third kappa shape index (κ3) is 2.87. The van der Waals surface area contributed by atoms with E-state index < -0.39 is 15.7 Å². The van der Waals surface area contributed by atoms with Crippen LogP contribution in [0.5, 0.6) is 0 Å². The molecule has 1 aliphatic carbocycles. The molecule has 1 saturated carbocycles. The van der Waals surface area contributed by atoms with Crippen LogP contribution < -0.4 is 5.32 Å². The predicted molar refractivity (Wildman–Crippen MR) is 75.0 cm³/mol. The average molecular weight is 304 g/mol. The van der Waals surface area contributed by atoms with E-state index in [1.165, 1.54) is 12.3 Å². The molecule has 6 nitrogen and oxygen atoms in total. The first-order valence-electron chi connectivity index (χ1n) is 5.82. The third-order valence-corrected chi connectivity index (χ3v) is 5.46. The number of nitrogens with one attached hydrogen (secondary N) is 1. The van der Waals surface area contributed by atoms with Crippen molar-refractivity contribution in [3.8, 4) is 0 Å². The minimum atomic E-state index is -0.964. The van der Waals surface area contributed by atoms with Crippen molar-refractivity contribution in [2.75, 3.05) is 18.1 Å². The molecule has 19 heavy (non-hydrogen) atoms. The lowest BCUT2D eigenvalue weighted by Crippen LogP contribution is -2.47. The van der Waals surface area contributed by atoms with E-state index in [1.54, 1.807) is 6.26 Å². The molecule has 104 valence electrons. The molecular weight excluding hydrogens is 290 g/mol. The highest BCUT2D eigenvalue weighted by atomic mass is 35.5. The largest absolute Gasteiger partial charge is 0.363 e. The van der Waals surface area contributed by atoms with Crippen LogP contribution in [0.2, 0.25) is 5.02 Å². The third-order valence-electron chi connectivity index (χ3n) is 3.48. The quantitative estimate of drug-likeness (QED) is 0.666. The summed E-state index contributed by atoms with van der Waals surface area (Å²) in [5.74, 6) is 0.172. The van der Waals surface area contributed by atoms with Gasteiger partial charge >= 0.3 is 5.69 Å². The van der Waals surface area contributed by atoms with E-state index >= 15 is 0 Å². The fraction of sp³-hybridized carbons (Fsp3) is 0.545. The summed E-state index contributed by atoms with van der Waals surface area (Å²) < 4.78 is 11.5. The molecule has 1 aromatic heterocycles. The van der Waals surface area contributed by atoms with Crippen LogP contribution in [-0.2, 0) is 10.8 Å². The summed E-state index contributed by atoms with van der Waals surface area (Å²) in [6.07, 6.45) is 5.80. The topological polar surface area (TPSA) is 85.1 Å². The minimum absolute atomic E-state index is 0.163. The van der Waals surface area contributed by atoms with Gasteiger partial charge in [-0.2, -0.15) is 0 Å². The zero-order chi connectivity index (χ0) is 14.0. The van der Waals surface area contributed by atoms with E-state index in [1.807, 2.05) is 0 Å². The van der Waals surface area contributed by atoms with Gasteiger partial charge in [0.05, 0.1) is 14.7 Å². The number of nitro groups is 1. The van der Waals surface area contributed by atoms with Gasteiger partial charge in [-0.3, -0.25) is 14.3 Å². The second-order valence-corrected chi connectivity index (χ2v) is 6.83. The normalized spacial score (nSPS) is 18.4. The van der Waals surface area contributed by atoms with Crippen molar-refractivity contribution in [2.24, 2.45) is 0 Å². The van der Waals surface area contributed by atoms with Gasteiger partial charge < -0.3 is 5.32 Å².